The summed E-state index contributed by atoms with van der Waals surface area (Å²) in [5.74, 6) is 0.178. The second kappa shape index (κ2) is 5.79. The van der Waals surface area contributed by atoms with E-state index in [0.29, 0.717) is 6.61 Å². The van der Waals surface area contributed by atoms with E-state index in [4.69, 9.17) is 4.74 Å². The summed E-state index contributed by atoms with van der Waals surface area (Å²) in [5, 5.41) is 0. The van der Waals surface area contributed by atoms with Crippen LogP contribution in [0.4, 0.5) is 0 Å². The maximum Gasteiger partial charge on any atom is 0.309 e. The van der Waals surface area contributed by atoms with Crippen LogP contribution in [0.2, 0.25) is 0 Å². The van der Waals surface area contributed by atoms with Crippen LogP contribution in [0.25, 0.3) is 0 Å². The number of rotatable bonds is 3. The van der Waals surface area contributed by atoms with Gasteiger partial charge in [-0.15, -0.1) is 0 Å². The number of carbonyl (C=O) groups excluding carboxylic acids is 1. The van der Waals surface area contributed by atoms with E-state index in [1.54, 1.807) is 0 Å². The Labute approximate surface area is 80.0 Å². The van der Waals surface area contributed by atoms with Crippen molar-refractivity contribution in [1.82, 2.24) is 0 Å². The number of ether oxygens (including phenoxy) is 1. The Kier molecular flexibility index (Phi) is 4.58. The molecule has 0 aromatic carbocycles. The van der Waals surface area contributed by atoms with E-state index in [9.17, 15) is 4.79 Å². The first-order chi connectivity index (χ1) is 6.34. The Morgan fingerprint density at radius 1 is 1.38 bits per heavy atom. The van der Waals surface area contributed by atoms with Crippen molar-refractivity contribution in [1.29, 1.82) is 0 Å². The van der Waals surface area contributed by atoms with Gasteiger partial charge in [-0.3, -0.25) is 4.79 Å². The molecule has 1 saturated carbocycles. The van der Waals surface area contributed by atoms with Crippen molar-refractivity contribution in [2.24, 2.45) is 5.92 Å². The van der Waals surface area contributed by atoms with Crippen LogP contribution in [0.3, 0.4) is 0 Å². The highest BCUT2D eigenvalue weighted by Gasteiger charge is 2.21. The Bertz CT molecular complexity index is 179. The Hall–Kier alpha value is -0.790. The fraction of sp³-hybridized carbons (Fsp3) is 0.727. The van der Waals surface area contributed by atoms with Crippen molar-refractivity contribution in [3.63, 3.8) is 0 Å². The molecule has 0 aromatic rings. The smallest absolute Gasteiger partial charge is 0.309 e. The lowest BCUT2D eigenvalue weighted by atomic mass is 9.89. The molecule has 1 rings (SSSR count). The van der Waals surface area contributed by atoms with Crippen LogP contribution >= 0.6 is 0 Å². The summed E-state index contributed by atoms with van der Waals surface area (Å²) in [5.41, 5.74) is 0. The van der Waals surface area contributed by atoms with Gasteiger partial charge >= 0.3 is 5.97 Å². The molecule has 0 bridgehead atoms. The molecular formula is C11H18O2. The third kappa shape index (κ3) is 3.62. The Morgan fingerprint density at radius 2 is 2.08 bits per heavy atom. The van der Waals surface area contributed by atoms with E-state index in [-0.39, 0.29) is 11.9 Å². The predicted octanol–water partition coefficient (Wildman–Crippen LogP) is 2.69. The maximum absolute atomic E-state index is 11.4. The molecule has 1 fully saturated rings. The molecule has 13 heavy (non-hydrogen) atoms. The molecule has 74 valence electrons. The van der Waals surface area contributed by atoms with Gasteiger partial charge < -0.3 is 4.74 Å². The summed E-state index contributed by atoms with van der Waals surface area (Å²) in [6.07, 6.45) is 9.45. The molecule has 1 aliphatic carbocycles. The molecule has 1 aliphatic rings. The summed E-state index contributed by atoms with van der Waals surface area (Å²) in [4.78, 5) is 11.4. The SMILES string of the molecule is CC=CCOC(=O)C1CCCCC1. The lowest BCUT2D eigenvalue weighted by molar-refractivity contribution is -0.148. The van der Waals surface area contributed by atoms with Crippen LogP contribution in [-0.2, 0) is 9.53 Å². The van der Waals surface area contributed by atoms with Gasteiger partial charge in [-0.05, 0) is 19.8 Å². The van der Waals surface area contributed by atoms with Crippen molar-refractivity contribution in [2.45, 2.75) is 39.0 Å². The monoisotopic (exact) mass is 182 g/mol. The zero-order valence-corrected chi connectivity index (χ0v) is 8.29. The van der Waals surface area contributed by atoms with Crippen LogP contribution in [0.1, 0.15) is 39.0 Å². The molecule has 0 N–H and O–H groups in total. The molecule has 0 amide bonds. The largest absolute Gasteiger partial charge is 0.461 e. The molecule has 0 heterocycles. The summed E-state index contributed by atoms with van der Waals surface area (Å²) in [6.45, 7) is 2.36. The van der Waals surface area contributed by atoms with Crippen LogP contribution < -0.4 is 0 Å². The predicted molar refractivity (Wildman–Crippen MR) is 52.3 cm³/mol. The highest BCUT2D eigenvalue weighted by atomic mass is 16.5. The molecule has 0 aliphatic heterocycles. The van der Waals surface area contributed by atoms with Crippen LogP contribution in [0.5, 0.6) is 0 Å². The van der Waals surface area contributed by atoms with Crippen molar-refractivity contribution in [2.75, 3.05) is 6.61 Å². The van der Waals surface area contributed by atoms with E-state index in [1.165, 1.54) is 19.3 Å². The second-order valence-electron chi connectivity index (χ2n) is 3.53. The highest BCUT2D eigenvalue weighted by Crippen LogP contribution is 2.24. The molecule has 2 nitrogen and oxygen atoms in total. The summed E-state index contributed by atoms with van der Waals surface area (Å²) < 4.78 is 5.10. The van der Waals surface area contributed by atoms with Gasteiger partial charge in [0.25, 0.3) is 0 Å². The van der Waals surface area contributed by atoms with E-state index in [2.05, 4.69) is 0 Å². The first-order valence-electron chi connectivity index (χ1n) is 5.12. The van der Waals surface area contributed by atoms with Gasteiger partial charge in [0, 0.05) is 0 Å². The Morgan fingerprint density at radius 3 is 2.69 bits per heavy atom. The van der Waals surface area contributed by atoms with Gasteiger partial charge in [-0.1, -0.05) is 31.4 Å². The lowest BCUT2D eigenvalue weighted by Crippen LogP contribution is -2.20. The van der Waals surface area contributed by atoms with Gasteiger partial charge in [0.15, 0.2) is 0 Å². The van der Waals surface area contributed by atoms with Gasteiger partial charge in [0.1, 0.15) is 6.61 Å². The number of esters is 1. The van der Waals surface area contributed by atoms with E-state index >= 15 is 0 Å². The van der Waals surface area contributed by atoms with E-state index in [1.807, 2.05) is 19.1 Å². The molecule has 0 aromatic heterocycles. The maximum atomic E-state index is 11.4. The molecule has 0 radical (unpaired) electrons. The average molecular weight is 182 g/mol. The second-order valence-corrected chi connectivity index (χ2v) is 3.53. The first-order valence-corrected chi connectivity index (χ1v) is 5.12. The van der Waals surface area contributed by atoms with Crippen LogP contribution in [-0.4, -0.2) is 12.6 Å². The van der Waals surface area contributed by atoms with Crippen LogP contribution in [0.15, 0.2) is 12.2 Å². The number of hydrogen-bond donors (Lipinski definition) is 0. The average Bonchev–Trinajstić information content (AvgIpc) is 2.19. The topological polar surface area (TPSA) is 26.3 Å². The third-order valence-corrected chi connectivity index (χ3v) is 2.50. The minimum Gasteiger partial charge on any atom is -0.461 e. The van der Waals surface area contributed by atoms with Crippen LogP contribution in [0, 0.1) is 5.92 Å². The fourth-order valence-corrected chi connectivity index (χ4v) is 1.68. The minimum atomic E-state index is -0.00204. The van der Waals surface area contributed by atoms with Gasteiger partial charge in [0.2, 0.25) is 0 Å². The molecule has 2 heteroatoms. The summed E-state index contributed by atoms with van der Waals surface area (Å²) >= 11 is 0. The van der Waals surface area contributed by atoms with Crippen molar-refractivity contribution in [3.05, 3.63) is 12.2 Å². The molecular weight excluding hydrogens is 164 g/mol. The normalized spacial score (nSPS) is 19.2. The summed E-state index contributed by atoms with van der Waals surface area (Å²) in [7, 11) is 0. The number of hydrogen-bond acceptors (Lipinski definition) is 2. The Balaban J connectivity index is 2.21. The van der Waals surface area contributed by atoms with Crippen molar-refractivity contribution < 1.29 is 9.53 Å². The zero-order valence-electron chi connectivity index (χ0n) is 8.29. The number of carbonyl (C=O) groups is 1. The summed E-state index contributed by atoms with van der Waals surface area (Å²) in [6, 6.07) is 0. The van der Waals surface area contributed by atoms with Gasteiger partial charge in [0.05, 0.1) is 5.92 Å². The molecule has 0 spiro atoms. The molecule has 0 atom stereocenters. The van der Waals surface area contributed by atoms with Gasteiger partial charge in [-0.25, -0.2) is 0 Å². The standard InChI is InChI=1S/C11H18O2/c1-2-3-9-13-11(12)10-7-5-4-6-8-10/h2-3,10H,4-9H2,1H3. The van der Waals surface area contributed by atoms with E-state index in [0.717, 1.165) is 12.8 Å². The first kappa shape index (κ1) is 10.3. The fourth-order valence-electron chi connectivity index (χ4n) is 1.68. The van der Waals surface area contributed by atoms with Gasteiger partial charge in [-0.2, -0.15) is 0 Å². The highest BCUT2D eigenvalue weighted by molar-refractivity contribution is 5.72. The molecule has 0 unspecified atom stereocenters. The minimum absolute atomic E-state index is 0.00204. The molecule has 0 saturated heterocycles. The van der Waals surface area contributed by atoms with E-state index < -0.39 is 0 Å². The third-order valence-electron chi connectivity index (χ3n) is 2.50. The van der Waals surface area contributed by atoms with Crippen molar-refractivity contribution >= 4 is 5.97 Å². The van der Waals surface area contributed by atoms with Crippen molar-refractivity contribution in [3.8, 4) is 0 Å². The zero-order chi connectivity index (χ0) is 9.52. The number of allylic oxidation sites excluding steroid dienone is 1. The quantitative estimate of drug-likeness (QED) is 0.495. The lowest BCUT2D eigenvalue weighted by Gasteiger charge is -2.19.